The van der Waals surface area contributed by atoms with Crippen LogP contribution in [-0.4, -0.2) is 167 Å². The van der Waals surface area contributed by atoms with E-state index in [4.69, 9.17) is 45.9 Å². The van der Waals surface area contributed by atoms with Crippen molar-refractivity contribution < 1.29 is 48.3 Å². The van der Waals surface area contributed by atoms with Gasteiger partial charge < -0.3 is 103 Å². The monoisotopic (exact) mass is 1280 g/mol. The Hall–Kier alpha value is -9.52. The van der Waals surface area contributed by atoms with Crippen LogP contribution in [0, 0.1) is 11.8 Å². The number of aromatic nitrogens is 2. The molecule has 0 bridgehead atoms. The second-order valence-electron chi connectivity index (χ2n) is 23.6. The molecule has 0 aliphatic heterocycles. The fourth-order valence-corrected chi connectivity index (χ4v) is 10.1. The van der Waals surface area contributed by atoms with Gasteiger partial charge in [-0.2, -0.15) is 0 Å². The lowest BCUT2D eigenvalue weighted by Gasteiger charge is -2.28. The Labute approximate surface area is 535 Å². The highest BCUT2D eigenvalue weighted by Crippen LogP contribution is 2.22. The number of carboxylic acids is 1. The summed E-state index contributed by atoms with van der Waals surface area (Å²) in [6, 6.07) is 3.08. The summed E-state index contributed by atoms with van der Waals surface area (Å²) in [4.78, 5) is 145. The summed E-state index contributed by atoms with van der Waals surface area (Å²) in [5, 5.41) is 33.3. The molecule has 0 fully saturated rings. The van der Waals surface area contributed by atoms with Crippen molar-refractivity contribution in [3.05, 3.63) is 72.1 Å². The molecular formula is C61H97N21O10. The normalized spacial score (nSPS) is 14.2. The van der Waals surface area contributed by atoms with Crippen LogP contribution in [0.3, 0.4) is 0 Å². The van der Waals surface area contributed by atoms with Crippen LogP contribution in [0.2, 0.25) is 0 Å². The molecule has 92 heavy (non-hydrogen) atoms. The van der Waals surface area contributed by atoms with Gasteiger partial charge in [0.25, 0.3) is 0 Å². The Kier molecular flexibility index (Phi) is 31.1. The van der Waals surface area contributed by atoms with Crippen molar-refractivity contribution in [2.45, 2.75) is 172 Å². The molecule has 27 N–H and O–H groups in total. The number of nitrogens with zero attached hydrogens (tertiary/aromatic N) is 3. The molecular weight excluding hydrogens is 1190 g/mol. The summed E-state index contributed by atoms with van der Waals surface area (Å²) in [5.74, 6) is -8.24. The van der Waals surface area contributed by atoms with Crippen molar-refractivity contribution in [2.24, 2.45) is 72.7 Å². The van der Waals surface area contributed by atoms with E-state index in [1.807, 2.05) is 70.2 Å². The summed E-state index contributed by atoms with van der Waals surface area (Å²) in [6.45, 7) is 9.41. The van der Waals surface area contributed by atoms with E-state index in [0.717, 1.165) is 21.8 Å². The molecule has 31 nitrogen and oxygen atoms in total. The molecule has 4 aromatic rings. The molecule has 506 valence electrons. The van der Waals surface area contributed by atoms with Crippen LogP contribution in [0.15, 0.2) is 75.9 Å². The predicted octanol–water partition coefficient (Wildman–Crippen LogP) is -1.87. The fourth-order valence-electron chi connectivity index (χ4n) is 10.1. The number of guanidine groups is 3. The van der Waals surface area contributed by atoms with E-state index in [2.05, 4.69) is 67.5 Å². The van der Waals surface area contributed by atoms with Gasteiger partial charge in [-0.15, -0.1) is 0 Å². The number of aliphatic imine (C=N–C) groups is 3. The van der Waals surface area contributed by atoms with Gasteiger partial charge in [-0.05, 0) is 119 Å². The zero-order valence-electron chi connectivity index (χ0n) is 53.2. The molecule has 8 amide bonds. The van der Waals surface area contributed by atoms with E-state index in [1.165, 1.54) is 6.92 Å². The molecule has 0 radical (unpaired) electrons. The van der Waals surface area contributed by atoms with Crippen LogP contribution >= 0.6 is 0 Å². The maximum atomic E-state index is 14.8. The highest BCUT2D eigenvalue weighted by atomic mass is 16.4. The number of benzene rings is 2. The number of nitrogens with two attached hydrogens (primary N) is 8. The topological polar surface area (TPSA) is 547 Å². The first-order valence-corrected chi connectivity index (χ1v) is 31.0. The van der Waals surface area contributed by atoms with Gasteiger partial charge in [0.1, 0.15) is 48.3 Å². The summed E-state index contributed by atoms with van der Waals surface area (Å²) in [7, 11) is 0. The van der Waals surface area contributed by atoms with Crippen LogP contribution < -0.4 is 88.4 Å². The lowest BCUT2D eigenvalue weighted by molar-refractivity contribution is -0.142. The second kappa shape index (κ2) is 38.2. The van der Waals surface area contributed by atoms with Crippen LogP contribution in [0.5, 0.6) is 0 Å². The molecule has 2 aromatic carbocycles. The molecule has 0 aliphatic rings. The number of amides is 8. The number of hydrogen-bond donors (Lipinski definition) is 19. The Balaban J connectivity index is 1.62. The Morgan fingerprint density at radius 3 is 1.22 bits per heavy atom. The first-order valence-electron chi connectivity index (χ1n) is 31.0. The zero-order valence-corrected chi connectivity index (χ0v) is 53.2. The highest BCUT2D eigenvalue weighted by molar-refractivity contribution is 5.99. The number of nitrogens with one attached hydrogen (secondary N) is 10. The van der Waals surface area contributed by atoms with E-state index >= 15 is 0 Å². The fraction of sp³-hybridized carbons (Fsp3) is 0.541. The number of unbranched alkanes of at least 4 members (excludes halogenated alkanes) is 1. The van der Waals surface area contributed by atoms with Gasteiger partial charge in [0.15, 0.2) is 17.9 Å². The lowest BCUT2D eigenvalue weighted by Crippen LogP contribution is -2.60. The Bertz CT molecular complexity index is 3180. The summed E-state index contributed by atoms with van der Waals surface area (Å²) in [6.07, 6.45) is 5.08. The average molecular weight is 1280 g/mol. The predicted molar refractivity (Wildman–Crippen MR) is 352 cm³/mol. The molecule has 0 spiro atoms. The minimum absolute atomic E-state index is 0.0165. The van der Waals surface area contributed by atoms with Crippen molar-refractivity contribution in [3.8, 4) is 0 Å². The number of para-hydroxylation sites is 2. The van der Waals surface area contributed by atoms with E-state index in [9.17, 15) is 48.3 Å². The third kappa shape index (κ3) is 25.8. The van der Waals surface area contributed by atoms with Crippen molar-refractivity contribution >= 4 is 92.9 Å². The number of carbonyl (C=O) groups excluding carboxylic acids is 8. The van der Waals surface area contributed by atoms with E-state index in [0.29, 0.717) is 30.4 Å². The number of carbonyl (C=O) groups is 9. The molecule has 31 heteroatoms. The summed E-state index contributed by atoms with van der Waals surface area (Å²) < 4.78 is 0. The molecule has 0 saturated carbocycles. The van der Waals surface area contributed by atoms with Crippen molar-refractivity contribution in [2.75, 3.05) is 26.2 Å². The van der Waals surface area contributed by atoms with Crippen LogP contribution in [-0.2, 0) is 56.0 Å². The smallest absolute Gasteiger partial charge is 0.326 e. The molecule has 0 saturated heterocycles. The maximum absolute atomic E-state index is 14.8. The highest BCUT2D eigenvalue weighted by Gasteiger charge is 2.35. The van der Waals surface area contributed by atoms with E-state index in [-0.39, 0.29) is 120 Å². The molecule has 4 rings (SSSR count). The first-order chi connectivity index (χ1) is 43.7. The maximum Gasteiger partial charge on any atom is 0.326 e. The van der Waals surface area contributed by atoms with Gasteiger partial charge in [-0.1, -0.05) is 64.1 Å². The van der Waals surface area contributed by atoms with Crippen LogP contribution in [0.25, 0.3) is 21.8 Å². The number of hydrogen-bond acceptors (Lipinski definition) is 14. The van der Waals surface area contributed by atoms with Gasteiger partial charge in [-0.25, -0.2) is 4.79 Å². The number of aromatic amines is 2. The van der Waals surface area contributed by atoms with Crippen molar-refractivity contribution in [1.29, 1.82) is 0 Å². The average Bonchev–Trinajstić information content (AvgIpc) is 1.67. The van der Waals surface area contributed by atoms with Crippen molar-refractivity contribution in [1.82, 2.24) is 52.5 Å². The SMILES string of the molecule is CC(C)C[C@H](NC(=O)[C@H](Cc1c[nH]c2ccccc12)NC(=O)[C@H](CC(C)C)NC(=O)[C@@H](N)CCCN=C(N)N)C(=O)N[C@@H](C)C(=O)N[C@@H](Cc1c[nH]c2ccccc12)C(=O)N[C@@H](CCCCN)C(=O)N[C@@H](CCCN=C(N)N)C(=O)N[C@@H](CCCN=C(N)N)C(=O)O. The van der Waals surface area contributed by atoms with Crippen LogP contribution in [0.4, 0.5) is 0 Å². The number of H-pyrrole nitrogens is 2. The number of aliphatic carboxylic acids is 1. The largest absolute Gasteiger partial charge is 0.480 e. The summed E-state index contributed by atoms with van der Waals surface area (Å²) >= 11 is 0. The third-order valence-corrected chi connectivity index (χ3v) is 14.9. The Morgan fingerprint density at radius 2 is 0.783 bits per heavy atom. The van der Waals surface area contributed by atoms with Gasteiger partial charge in [0, 0.05) is 66.7 Å². The quantitative estimate of drug-likeness (QED) is 0.0131. The molecule has 9 atom stereocenters. The van der Waals surface area contributed by atoms with Gasteiger partial charge in [0.05, 0.1) is 6.04 Å². The molecule has 2 aromatic heterocycles. The minimum atomic E-state index is -1.41. The molecule has 0 unspecified atom stereocenters. The first kappa shape index (κ1) is 74.9. The van der Waals surface area contributed by atoms with E-state index in [1.54, 1.807) is 18.5 Å². The minimum Gasteiger partial charge on any atom is -0.480 e. The number of rotatable bonds is 41. The summed E-state index contributed by atoms with van der Waals surface area (Å²) in [5.41, 5.74) is 47.6. The van der Waals surface area contributed by atoms with Gasteiger partial charge in [0.2, 0.25) is 47.3 Å². The zero-order chi connectivity index (χ0) is 68.0. The van der Waals surface area contributed by atoms with Crippen LogP contribution in [0.1, 0.15) is 116 Å². The Morgan fingerprint density at radius 1 is 0.435 bits per heavy atom. The third-order valence-electron chi connectivity index (χ3n) is 14.9. The molecule has 0 aliphatic carbocycles. The standard InChI is InChI=1S/C61H97N21O10/c1-33(2)27-46(81-57(90)49(30-37-32-74-42-19-9-7-16-39(37)42)82-55(88)47(28-34(3)4)80-51(84)40(63)17-12-24-70-59(64)65)54(87)75-35(5)50(83)79-48(29-36-31-73-41-18-8-6-15-38(36)41)56(89)77-43(20-10-11-23-62)52(85)76-44(21-13-25-71-60(66)67)53(86)78-45(58(91)92)22-14-26-72-61(68)69/h6-9,15-16,18-19,31-35,40,43-49,73-74H,10-14,17,20-30,62-63H2,1-5H3,(H,75,87)(H,76,85)(H,77,89)(H,78,86)(H,79,83)(H,80,84)(H,81,90)(H,82,88)(H,91,92)(H4,64,65,70)(H4,66,67,71)(H4,68,69,72)/t35-,40-,43-,44-,45-,46-,47-,48-,49-/m0/s1. The number of fused-ring (bicyclic) bond motifs is 2. The molecule has 2 heterocycles. The lowest BCUT2D eigenvalue weighted by atomic mass is 9.99. The van der Waals surface area contributed by atoms with Gasteiger partial charge in [-0.3, -0.25) is 53.3 Å². The van der Waals surface area contributed by atoms with Gasteiger partial charge >= 0.3 is 5.97 Å². The second-order valence-corrected chi connectivity index (χ2v) is 23.6. The van der Waals surface area contributed by atoms with Crippen molar-refractivity contribution in [3.63, 3.8) is 0 Å². The van der Waals surface area contributed by atoms with E-state index < -0.39 is 108 Å². The number of carboxylic acid groups (broad SMARTS) is 1.